The van der Waals surface area contributed by atoms with E-state index in [0.717, 1.165) is 62.3 Å². The fourth-order valence-electron chi connectivity index (χ4n) is 2.97. The lowest BCUT2D eigenvalue weighted by Gasteiger charge is -2.25. The maximum Gasteiger partial charge on any atom is 0.191 e. The van der Waals surface area contributed by atoms with Gasteiger partial charge in [-0.2, -0.15) is 5.10 Å². The van der Waals surface area contributed by atoms with Gasteiger partial charge < -0.3 is 15.2 Å². The zero-order valence-electron chi connectivity index (χ0n) is 14.5. The van der Waals surface area contributed by atoms with Gasteiger partial charge in [-0.3, -0.25) is 4.99 Å². The van der Waals surface area contributed by atoms with E-state index in [4.69, 9.17) is 0 Å². The molecule has 0 radical (unpaired) electrons. The fraction of sp³-hybridized carbons (Fsp3) is 0.667. The van der Waals surface area contributed by atoms with Gasteiger partial charge >= 0.3 is 0 Å². The van der Waals surface area contributed by atoms with E-state index in [1.807, 2.05) is 11.6 Å². The summed E-state index contributed by atoms with van der Waals surface area (Å²) < 4.78 is 4.06. The molecule has 0 fully saturated rings. The van der Waals surface area contributed by atoms with E-state index in [9.17, 15) is 0 Å². The number of nitrogens with one attached hydrogen (secondary N) is 2. The van der Waals surface area contributed by atoms with Crippen LogP contribution in [0.4, 0.5) is 0 Å². The Morgan fingerprint density at radius 3 is 3.12 bits per heavy atom. The molecule has 0 saturated heterocycles. The Morgan fingerprint density at radius 1 is 1.46 bits per heavy atom. The Labute approximate surface area is 141 Å². The van der Waals surface area contributed by atoms with Crippen molar-refractivity contribution >= 4 is 5.96 Å². The molecule has 9 nitrogen and oxygen atoms in total. The summed E-state index contributed by atoms with van der Waals surface area (Å²) in [6.45, 7) is 6.42. The molecular weight excluding hydrogens is 306 g/mol. The van der Waals surface area contributed by atoms with Crippen LogP contribution in [-0.2, 0) is 25.9 Å². The Hall–Kier alpha value is -2.45. The van der Waals surface area contributed by atoms with E-state index in [0.29, 0.717) is 6.04 Å². The van der Waals surface area contributed by atoms with Crippen molar-refractivity contribution in [2.75, 3.05) is 13.6 Å². The summed E-state index contributed by atoms with van der Waals surface area (Å²) in [5, 5.41) is 19.3. The molecule has 0 amide bonds. The highest BCUT2D eigenvalue weighted by molar-refractivity contribution is 5.79. The summed E-state index contributed by atoms with van der Waals surface area (Å²) in [5.41, 5.74) is 0. The maximum atomic E-state index is 4.44. The van der Waals surface area contributed by atoms with Crippen LogP contribution in [0, 0.1) is 6.92 Å². The number of aryl methyl sites for hydroxylation is 3. The number of fused-ring (bicyclic) bond motifs is 1. The zero-order chi connectivity index (χ0) is 16.9. The van der Waals surface area contributed by atoms with Crippen LogP contribution in [0.3, 0.4) is 0 Å². The molecule has 9 heteroatoms. The standard InChI is InChI=1S/C15H25N9/c1-4-13-21-18-10-23(13)8-7-17-15(16-3)20-12-5-6-14-19-11(2)22-24(14)9-12/h10,12H,4-9H2,1-3H3,(H2,16,17,20). The topological polar surface area (TPSA) is 97.8 Å². The molecule has 3 heterocycles. The molecule has 1 aliphatic heterocycles. The summed E-state index contributed by atoms with van der Waals surface area (Å²) in [7, 11) is 1.79. The molecule has 2 N–H and O–H groups in total. The van der Waals surface area contributed by atoms with E-state index in [1.165, 1.54) is 0 Å². The molecule has 130 valence electrons. The van der Waals surface area contributed by atoms with Crippen LogP contribution in [0.5, 0.6) is 0 Å². The third-order valence-electron chi connectivity index (χ3n) is 4.19. The Balaban J connectivity index is 1.49. The average molecular weight is 331 g/mol. The van der Waals surface area contributed by atoms with E-state index in [2.05, 4.69) is 47.4 Å². The van der Waals surface area contributed by atoms with Gasteiger partial charge in [-0.25, -0.2) is 9.67 Å². The smallest absolute Gasteiger partial charge is 0.191 e. The molecule has 2 aromatic heterocycles. The van der Waals surface area contributed by atoms with Crippen LogP contribution in [0.2, 0.25) is 0 Å². The summed E-state index contributed by atoms with van der Waals surface area (Å²) in [4.78, 5) is 8.76. The van der Waals surface area contributed by atoms with Gasteiger partial charge in [0.1, 0.15) is 23.8 Å². The summed E-state index contributed by atoms with van der Waals surface area (Å²) in [5.74, 6) is 3.73. The van der Waals surface area contributed by atoms with Crippen LogP contribution in [0.1, 0.15) is 30.8 Å². The summed E-state index contributed by atoms with van der Waals surface area (Å²) >= 11 is 0. The van der Waals surface area contributed by atoms with E-state index < -0.39 is 0 Å². The molecular formula is C15H25N9. The molecule has 0 saturated carbocycles. The number of aliphatic imine (C=N–C) groups is 1. The van der Waals surface area contributed by atoms with E-state index in [1.54, 1.807) is 13.4 Å². The van der Waals surface area contributed by atoms with Gasteiger partial charge in [0.05, 0.1) is 6.54 Å². The zero-order valence-corrected chi connectivity index (χ0v) is 14.5. The van der Waals surface area contributed by atoms with Crippen LogP contribution in [-0.4, -0.2) is 55.1 Å². The van der Waals surface area contributed by atoms with Crippen molar-refractivity contribution in [2.45, 2.75) is 52.2 Å². The lowest BCUT2D eigenvalue weighted by Crippen LogP contribution is -2.47. The average Bonchev–Trinajstić information content (AvgIpc) is 3.18. The van der Waals surface area contributed by atoms with Gasteiger partial charge in [0.15, 0.2) is 5.96 Å². The lowest BCUT2D eigenvalue weighted by molar-refractivity contribution is 0.392. The maximum absolute atomic E-state index is 4.44. The van der Waals surface area contributed by atoms with E-state index >= 15 is 0 Å². The first-order chi connectivity index (χ1) is 11.7. The van der Waals surface area contributed by atoms with Crippen molar-refractivity contribution in [3.8, 4) is 0 Å². The Morgan fingerprint density at radius 2 is 2.33 bits per heavy atom. The van der Waals surface area contributed by atoms with Crippen molar-refractivity contribution in [3.63, 3.8) is 0 Å². The SMILES string of the molecule is CCc1nncn1CCNC(=NC)NC1CCc2nc(C)nn2C1. The highest BCUT2D eigenvalue weighted by Gasteiger charge is 2.21. The molecule has 1 unspecified atom stereocenters. The molecule has 1 aliphatic rings. The number of rotatable bonds is 5. The van der Waals surface area contributed by atoms with Gasteiger partial charge in [0.25, 0.3) is 0 Å². The Bertz CT molecular complexity index is 700. The highest BCUT2D eigenvalue weighted by Crippen LogP contribution is 2.12. The third-order valence-corrected chi connectivity index (χ3v) is 4.19. The molecule has 24 heavy (non-hydrogen) atoms. The first-order valence-electron chi connectivity index (χ1n) is 8.43. The van der Waals surface area contributed by atoms with Gasteiger partial charge in [-0.15, -0.1) is 10.2 Å². The second kappa shape index (κ2) is 7.41. The second-order valence-electron chi connectivity index (χ2n) is 5.93. The molecule has 0 bridgehead atoms. The minimum atomic E-state index is 0.311. The normalized spacial score (nSPS) is 17.6. The van der Waals surface area contributed by atoms with Crippen molar-refractivity contribution < 1.29 is 0 Å². The number of guanidine groups is 1. The molecule has 0 aromatic carbocycles. The first kappa shape index (κ1) is 16.4. The van der Waals surface area contributed by atoms with Crippen LogP contribution < -0.4 is 10.6 Å². The van der Waals surface area contributed by atoms with Crippen LogP contribution in [0.15, 0.2) is 11.3 Å². The number of hydrogen-bond acceptors (Lipinski definition) is 5. The number of hydrogen-bond donors (Lipinski definition) is 2. The van der Waals surface area contributed by atoms with E-state index in [-0.39, 0.29) is 0 Å². The van der Waals surface area contributed by atoms with Gasteiger partial charge in [0, 0.05) is 39.0 Å². The molecule has 0 aliphatic carbocycles. The summed E-state index contributed by atoms with van der Waals surface area (Å²) in [6, 6.07) is 0.311. The Kier molecular flexibility index (Phi) is 5.07. The molecule has 2 aromatic rings. The minimum absolute atomic E-state index is 0.311. The lowest BCUT2D eigenvalue weighted by atomic mass is 10.1. The number of nitrogens with zero attached hydrogens (tertiary/aromatic N) is 7. The van der Waals surface area contributed by atoms with Crippen molar-refractivity contribution in [3.05, 3.63) is 23.8 Å². The number of aromatic nitrogens is 6. The van der Waals surface area contributed by atoms with Crippen molar-refractivity contribution in [2.24, 2.45) is 4.99 Å². The first-order valence-corrected chi connectivity index (χ1v) is 8.43. The summed E-state index contributed by atoms with van der Waals surface area (Å²) in [6.07, 6.45) is 4.63. The monoisotopic (exact) mass is 331 g/mol. The minimum Gasteiger partial charge on any atom is -0.355 e. The van der Waals surface area contributed by atoms with Crippen LogP contribution >= 0.6 is 0 Å². The predicted octanol–water partition coefficient (Wildman–Crippen LogP) is -0.0796. The van der Waals surface area contributed by atoms with Crippen molar-refractivity contribution in [1.29, 1.82) is 0 Å². The van der Waals surface area contributed by atoms with Gasteiger partial charge in [0.2, 0.25) is 0 Å². The van der Waals surface area contributed by atoms with Crippen LogP contribution in [0.25, 0.3) is 0 Å². The van der Waals surface area contributed by atoms with Gasteiger partial charge in [-0.05, 0) is 13.3 Å². The van der Waals surface area contributed by atoms with Crippen molar-refractivity contribution in [1.82, 2.24) is 40.2 Å². The quantitative estimate of drug-likeness (QED) is 0.587. The van der Waals surface area contributed by atoms with Gasteiger partial charge in [-0.1, -0.05) is 6.92 Å². The molecule has 3 rings (SSSR count). The predicted molar refractivity (Wildman–Crippen MR) is 90.8 cm³/mol. The molecule has 1 atom stereocenters. The second-order valence-corrected chi connectivity index (χ2v) is 5.93. The highest BCUT2D eigenvalue weighted by atomic mass is 15.4. The fourth-order valence-corrected chi connectivity index (χ4v) is 2.97. The largest absolute Gasteiger partial charge is 0.355 e. The molecule has 0 spiro atoms. The third kappa shape index (κ3) is 3.72.